The van der Waals surface area contributed by atoms with Gasteiger partial charge in [0.1, 0.15) is 11.6 Å². The molecule has 10 heteroatoms. The van der Waals surface area contributed by atoms with Gasteiger partial charge in [-0.15, -0.1) is 0 Å². The van der Waals surface area contributed by atoms with Gasteiger partial charge in [-0.3, -0.25) is 9.69 Å². The molecule has 0 spiro atoms. The molecule has 3 aromatic rings. The Balaban J connectivity index is 1.94. The van der Waals surface area contributed by atoms with E-state index in [0.717, 1.165) is 34.5 Å². The molecule has 2 aromatic carbocycles. The lowest BCUT2D eigenvalue weighted by Gasteiger charge is -2.22. The van der Waals surface area contributed by atoms with E-state index in [2.05, 4.69) is 4.98 Å². The fourth-order valence-corrected chi connectivity index (χ4v) is 5.22. The van der Waals surface area contributed by atoms with Gasteiger partial charge in [-0.05, 0) is 63.0 Å². The predicted octanol–water partition coefficient (Wildman–Crippen LogP) is 3.77. The van der Waals surface area contributed by atoms with Gasteiger partial charge in [-0.2, -0.15) is 0 Å². The largest absolute Gasteiger partial charge is 0.308 e. The lowest BCUT2D eigenvalue weighted by molar-refractivity contribution is -0.116. The van der Waals surface area contributed by atoms with Gasteiger partial charge in [-0.1, -0.05) is 22.9 Å². The number of fused-ring (bicyclic) bond motifs is 1. The molecule has 0 radical (unpaired) electrons. The molecular weight excluding hydrogens is 449 g/mol. The van der Waals surface area contributed by atoms with Crippen LogP contribution in [0.15, 0.2) is 41.3 Å². The minimum absolute atomic E-state index is 0.100. The van der Waals surface area contributed by atoms with Crippen molar-refractivity contribution in [3.8, 4) is 0 Å². The number of sulfone groups is 1. The summed E-state index contributed by atoms with van der Waals surface area (Å²) in [7, 11) is -0.206. The third-order valence-corrected chi connectivity index (χ3v) is 7.60. The molecule has 0 N–H and O–H groups in total. The van der Waals surface area contributed by atoms with Gasteiger partial charge in [0.15, 0.2) is 15.0 Å². The van der Waals surface area contributed by atoms with Gasteiger partial charge in [0.05, 0.1) is 15.1 Å². The number of anilines is 1. The number of hydrogen-bond acceptors (Lipinski definition) is 6. The van der Waals surface area contributed by atoms with Crippen molar-refractivity contribution >= 4 is 54.0 Å². The predicted molar refractivity (Wildman–Crippen MR) is 119 cm³/mol. The first-order valence-electron chi connectivity index (χ1n) is 9.07. The summed E-state index contributed by atoms with van der Waals surface area (Å²) in [5, 5.41) is 0.987. The number of carbonyl (C=O) groups is 1. The standard InChI is InChI=1S/C20H21ClFN3O3S2/c1-13-16(21)8-9-17-19(13)23-20(29-17)25(11-10-24(2)3)18(26)12-30(27,28)15-6-4-14(22)5-7-15/h4-9H,10-12H2,1-3H3. The number of hydrogen-bond donors (Lipinski definition) is 0. The summed E-state index contributed by atoms with van der Waals surface area (Å²) in [6.07, 6.45) is 0. The van der Waals surface area contributed by atoms with E-state index < -0.39 is 27.3 Å². The zero-order chi connectivity index (χ0) is 22.1. The summed E-state index contributed by atoms with van der Waals surface area (Å²) < 4.78 is 39.4. The van der Waals surface area contributed by atoms with Gasteiger partial charge >= 0.3 is 0 Å². The molecule has 160 valence electrons. The number of aromatic nitrogens is 1. The number of rotatable bonds is 7. The maximum Gasteiger partial charge on any atom is 0.244 e. The minimum Gasteiger partial charge on any atom is -0.308 e. The van der Waals surface area contributed by atoms with Crippen LogP contribution in [0.3, 0.4) is 0 Å². The van der Waals surface area contributed by atoms with Crippen molar-refractivity contribution in [3.05, 3.63) is 52.8 Å². The van der Waals surface area contributed by atoms with Crippen LogP contribution in [0.2, 0.25) is 5.02 Å². The Kier molecular flexibility index (Phi) is 6.76. The second-order valence-electron chi connectivity index (χ2n) is 7.08. The Labute approximate surface area is 183 Å². The molecule has 6 nitrogen and oxygen atoms in total. The first-order chi connectivity index (χ1) is 14.1. The maximum absolute atomic E-state index is 13.1. The highest BCUT2D eigenvalue weighted by atomic mass is 35.5. The SMILES string of the molecule is Cc1c(Cl)ccc2sc(N(CCN(C)C)C(=O)CS(=O)(=O)c3ccc(F)cc3)nc12. The van der Waals surface area contributed by atoms with Crippen LogP contribution in [-0.2, 0) is 14.6 Å². The van der Waals surface area contributed by atoms with E-state index in [1.807, 2.05) is 32.0 Å². The average Bonchev–Trinajstić information content (AvgIpc) is 3.09. The third kappa shape index (κ3) is 4.97. The van der Waals surface area contributed by atoms with E-state index in [1.165, 1.54) is 16.2 Å². The van der Waals surface area contributed by atoms with Gasteiger partial charge < -0.3 is 4.90 Å². The van der Waals surface area contributed by atoms with Crippen LogP contribution in [0.25, 0.3) is 10.2 Å². The quantitative estimate of drug-likeness (QED) is 0.493. The lowest BCUT2D eigenvalue weighted by Crippen LogP contribution is -2.40. The van der Waals surface area contributed by atoms with Crippen molar-refractivity contribution in [3.63, 3.8) is 0 Å². The smallest absolute Gasteiger partial charge is 0.244 e. The van der Waals surface area contributed by atoms with Crippen molar-refractivity contribution in [2.75, 3.05) is 37.8 Å². The van der Waals surface area contributed by atoms with Crippen LogP contribution in [0.5, 0.6) is 0 Å². The normalized spacial score (nSPS) is 11.9. The molecule has 1 amide bonds. The molecule has 0 saturated heterocycles. The number of amides is 1. The Morgan fingerprint density at radius 1 is 1.13 bits per heavy atom. The van der Waals surface area contributed by atoms with Crippen LogP contribution in [0, 0.1) is 12.7 Å². The first-order valence-corrected chi connectivity index (χ1v) is 11.9. The van der Waals surface area contributed by atoms with Crippen molar-refractivity contribution in [2.45, 2.75) is 11.8 Å². The molecule has 0 aliphatic rings. The maximum atomic E-state index is 13.1. The van der Waals surface area contributed by atoms with Gasteiger partial charge in [0, 0.05) is 18.1 Å². The highest BCUT2D eigenvalue weighted by Gasteiger charge is 2.27. The molecule has 0 atom stereocenters. The average molecular weight is 470 g/mol. The zero-order valence-corrected chi connectivity index (χ0v) is 19.1. The van der Waals surface area contributed by atoms with E-state index in [0.29, 0.717) is 22.2 Å². The molecule has 1 heterocycles. The highest BCUT2D eigenvalue weighted by Crippen LogP contribution is 2.33. The number of carbonyl (C=O) groups excluding carboxylic acids is 1. The van der Waals surface area contributed by atoms with E-state index in [9.17, 15) is 17.6 Å². The van der Waals surface area contributed by atoms with E-state index in [1.54, 1.807) is 6.07 Å². The highest BCUT2D eigenvalue weighted by molar-refractivity contribution is 7.92. The first kappa shape index (κ1) is 22.6. The van der Waals surface area contributed by atoms with Crippen molar-refractivity contribution < 1.29 is 17.6 Å². The Morgan fingerprint density at radius 2 is 1.80 bits per heavy atom. The fraction of sp³-hybridized carbons (Fsp3) is 0.300. The van der Waals surface area contributed by atoms with Crippen LogP contribution in [-0.4, -0.2) is 57.1 Å². The number of benzene rings is 2. The summed E-state index contributed by atoms with van der Waals surface area (Å²) in [5.41, 5.74) is 1.49. The molecule has 0 fully saturated rings. The van der Waals surface area contributed by atoms with E-state index in [4.69, 9.17) is 11.6 Å². The summed E-state index contributed by atoms with van der Waals surface area (Å²) in [6.45, 7) is 2.65. The van der Waals surface area contributed by atoms with Crippen molar-refractivity contribution in [1.82, 2.24) is 9.88 Å². The summed E-state index contributed by atoms with van der Waals surface area (Å²) in [5.74, 6) is -1.87. The fourth-order valence-electron chi connectivity index (χ4n) is 2.80. The second-order valence-corrected chi connectivity index (χ2v) is 10.5. The number of thiazole rings is 1. The molecule has 1 aromatic heterocycles. The number of halogens is 2. The zero-order valence-electron chi connectivity index (χ0n) is 16.7. The minimum atomic E-state index is -3.93. The van der Waals surface area contributed by atoms with Crippen LogP contribution in [0.1, 0.15) is 5.56 Å². The van der Waals surface area contributed by atoms with Crippen LogP contribution < -0.4 is 4.90 Å². The third-order valence-electron chi connectivity index (χ3n) is 4.53. The summed E-state index contributed by atoms with van der Waals surface area (Å²) in [6, 6.07) is 8.03. The van der Waals surface area contributed by atoms with E-state index >= 15 is 0 Å². The van der Waals surface area contributed by atoms with E-state index in [-0.39, 0.29) is 11.4 Å². The topological polar surface area (TPSA) is 70.6 Å². The summed E-state index contributed by atoms with van der Waals surface area (Å²) in [4.78, 5) is 20.8. The number of likely N-dealkylation sites (N-methyl/N-ethyl adjacent to an activating group) is 1. The second kappa shape index (κ2) is 8.97. The van der Waals surface area contributed by atoms with Gasteiger partial charge in [-0.25, -0.2) is 17.8 Å². The summed E-state index contributed by atoms with van der Waals surface area (Å²) >= 11 is 7.48. The molecule has 0 unspecified atom stereocenters. The Hall–Kier alpha value is -2.07. The lowest BCUT2D eigenvalue weighted by atomic mass is 10.2. The van der Waals surface area contributed by atoms with Crippen LogP contribution in [0.4, 0.5) is 9.52 Å². The Morgan fingerprint density at radius 3 is 2.43 bits per heavy atom. The number of aryl methyl sites for hydroxylation is 1. The molecular formula is C20H21ClFN3O3S2. The monoisotopic (exact) mass is 469 g/mol. The van der Waals surface area contributed by atoms with Gasteiger partial charge in [0.2, 0.25) is 5.91 Å². The Bertz CT molecular complexity index is 1180. The van der Waals surface area contributed by atoms with Gasteiger partial charge in [0.25, 0.3) is 0 Å². The molecule has 0 aliphatic heterocycles. The van der Waals surface area contributed by atoms with Crippen LogP contribution >= 0.6 is 22.9 Å². The molecule has 0 bridgehead atoms. The van der Waals surface area contributed by atoms with Crippen molar-refractivity contribution in [1.29, 1.82) is 0 Å². The molecule has 0 saturated carbocycles. The van der Waals surface area contributed by atoms with Crippen molar-refractivity contribution in [2.24, 2.45) is 0 Å². The molecule has 3 rings (SSSR count). The molecule has 0 aliphatic carbocycles. The molecule has 30 heavy (non-hydrogen) atoms. The number of nitrogens with zero attached hydrogens (tertiary/aromatic N) is 3.